The lowest BCUT2D eigenvalue weighted by molar-refractivity contribution is 0.0739. The van der Waals surface area contributed by atoms with E-state index in [-0.39, 0.29) is 24.4 Å². The van der Waals surface area contributed by atoms with Crippen molar-refractivity contribution in [3.8, 4) is 16.9 Å². The van der Waals surface area contributed by atoms with Crippen molar-refractivity contribution < 1.29 is 9.53 Å². The molecular weight excluding hydrogens is 374 g/mol. The van der Waals surface area contributed by atoms with Gasteiger partial charge in [-0.3, -0.25) is 15.0 Å². The predicted molar refractivity (Wildman–Crippen MR) is 117 cm³/mol. The highest BCUT2D eigenvalue weighted by molar-refractivity contribution is 6.00. The summed E-state index contributed by atoms with van der Waals surface area (Å²) in [5.41, 5.74) is 2.81. The summed E-state index contributed by atoms with van der Waals surface area (Å²) in [5, 5.41) is 6.78. The van der Waals surface area contributed by atoms with Crippen molar-refractivity contribution in [3.05, 3.63) is 54.1 Å². The Kier molecular flexibility index (Phi) is 8.93. The first-order chi connectivity index (χ1) is 13.2. The zero-order chi connectivity index (χ0) is 19.1. The van der Waals surface area contributed by atoms with Gasteiger partial charge in [-0.25, -0.2) is 0 Å². The number of halogens is 1. The van der Waals surface area contributed by atoms with Gasteiger partial charge >= 0.3 is 0 Å². The summed E-state index contributed by atoms with van der Waals surface area (Å²) in [7, 11) is 1.67. The SMILES string of the molecule is CCCNC(C(=O)c1ccc(-c2ccccc2OC)cc1)N1CCNCC1.Cl. The molecule has 6 heteroatoms. The molecule has 1 atom stereocenters. The molecule has 1 unspecified atom stereocenters. The van der Waals surface area contributed by atoms with Crippen molar-refractivity contribution in [2.24, 2.45) is 0 Å². The number of hydrogen-bond acceptors (Lipinski definition) is 5. The number of nitrogens with zero attached hydrogens (tertiary/aromatic N) is 1. The molecule has 1 heterocycles. The molecule has 0 radical (unpaired) electrons. The van der Waals surface area contributed by atoms with Gasteiger partial charge in [0.2, 0.25) is 0 Å². The number of carbonyl (C=O) groups excluding carboxylic acids is 1. The molecule has 152 valence electrons. The van der Waals surface area contributed by atoms with Crippen LogP contribution in [0.3, 0.4) is 0 Å². The molecule has 2 aromatic rings. The second kappa shape index (κ2) is 11.2. The monoisotopic (exact) mass is 403 g/mol. The molecule has 0 bridgehead atoms. The number of piperazine rings is 1. The maximum absolute atomic E-state index is 13.2. The number of benzene rings is 2. The summed E-state index contributed by atoms with van der Waals surface area (Å²) in [6.45, 7) is 6.56. The van der Waals surface area contributed by atoms with Crippen LogP contribution in [0, 0.1) is 0 Å². The summed E-state index contributed by atoms with van der Waals surface area (Å²) < 4.78 is 5.45. The van der Waals surface area contributed by atoms with Gasteiger partial charge in [0.15, 0.2) is 5.78 Å². The smallest absolute Gasteiger partial charge is 0.194 e. The van der Waals surface area contributed by atoms with Crippen LogP contribution >= 0.6 is 12.4 Å². The van der Waals surface area contributed by atoms with Crippen LogP contribution in [-0.4, -0.2) is 56.7 Å². The van der Waals surface area contributed by atoms with E-state index in [2.05, 4.69) is 22.5 Å². The molecule has 1 aliphatic heterocycles. The van der Waals surface area contributed by atoms with E-state index in [4.69, 9.17) is 4.74 Å². The van der Waals surface area contributed by atoms with Crippen LogP contribution in [0.15, 0.2) is 48.5 Å². The number of rotatable bonds is 8. The highest BCUT2D eigenvalue weighted by Crippen LogP contribution is 2.29. The van der Waals surface area contributed by atoms with Gasteiger partial charge in [-0.15, -0.1) is 12.4 Å². The van der Waals surface area contributed by atoms with Crippen LogP contribution < -0.4 is 15.4 Å². The van der Waals surface area contributed by atoms with Crippen LogP contribution in [0.5, 0.6) is 5.75 Å². The molecule has 2 aromatic carbocycles. The van der Waals surface area contributed by atoms with Crippen LogP contribution in [0.1, 0.15) is 23.7 Å². The van der Waals surface area contributed by atoms with Gasteiger partial charge in [0.1, 0.15) is 11.9 Å². The Labute approximate surface area is 173 Å². The quantitative estimate of drug-likeness (QED) is 0.663. The van der Waals surface area contributed by atoms with Gasteiger partial charge in [-0.2, -0.15) is 0 Å². The first-order valence-electron chi connectivity index (χ1n) is 9.70. The molecule has 28 heavy (non-hydrogen) atoms. The van der Waals surface area contributed by atoms with Gasteiger partial charge in [0, 0.05) is 37.3 Å². The number of ketones is 1. The Bertz CT molecular complexity index is 746. The molecule has 3 rings (SSSR count). The Hall–Kier alpha value is -1.92. The Morgan fingerprint density at radius 2 is 1.82 bits per heavy atom. The summed E-state index contributed by atoms with van der Waals surface area (Å²) in [6, 6.07) is 15.8. The Balaban J connectivity index is 0.00000280. The molecule has 2 N–H and O–H groups in total. The van der Waals surface area contributed by atoms with Gasteiger partial charge in [-0.1, -0.05) is 49.4 Å². The molecule has 1 saturated heterocycles. The van der Waals surface area contributed by atoms with Crippen LogP contribution in [-0.2, 0) is 0 Å². The Morgan fingerprint density at radius 3 is 2.46 bits per heavy atom. The average Bonchev–Trinajstić information content (AvgIpc) is 2.74. The fourth-order valence-corrected chi connectivity index (χ4v) is 3.46. The molecule has 0 saturated carbocycles. The molecule has 5 nitrogen and oxygen atoms in total. The molecule has 1 fully saturated rings. The minimum absolute atomic E-state index is 0. The van der Waals surface area contributed by atoms with E-state index in [0.717, 1.165) is 61.6 Å². The third-order valence-electron chi connectivity index (χ3n) is 4.94. The lowest BCUT2D eigenvalue weighted by Gasteiger charge is -2.34. The van der Waals surface area contributed by atoms with E-state index in [9.17, 15) is 4.79 Å². The zero-order valence-corrected chi connectivity index (χ0v) is 17.4. The molecular formula is C22H30ClN3O2. The number of carbonyl (C=O) groups is 1. The largest absolute Gasteiger partial charge is 0.496 e. The third kappa shape index (κ3) is 5.32. The van der Waals surface area contributed by atoms with E-state index in [1.54, 1.807) is 7.11 Å². The van der Waals surface area contributed by atoms with Crippen molar-refractivity contribution in [3.63, 3.8) is 0 Å². The van der Waals surface area contributed by atoms with Crippen molar-refractivity contribution in [1.29, 1.82) is 0 Å². The number of para-hydroxylation sites is 1. The van der Waals surface area contributed by atoms with Crippen molar-refractivity contribution in [2.75, 3.05) is 39.8 Å². The number of methoxy groups -OCH3 is 1. The molecule has 0 aliphatic carbocycles. The van der Waals surface area contributed by atoms with Crippen molar-refractivity contribution in [2.45, 2.75) is 19.5 Å². The van der Waals surface area contributed by atoms with Gasteiger partial charge in [0.25, 0.3) is 0 Å². The second-order valence-electron chi connectivity index (χ2n) is 6.78. The topological polar surface area (TPSA) is 53.6 Å². The number of hydrogen-bond donors (Lipinski definition) is 2. The van der Waals surface area contributed by atoms with E-state index in [1.165, 1.54) is 0 Å². The summed E-state index contributed by atoms with van der Waals surface area (Å²) >= 11 is 0. The molecule has 1 aliphatic rings. The zero-order valence-electron chi connectivity index (χ0n) is 16.6. The van der Waals surface area contributed by atoms with Crippen LogP contribution in [0.2, 0.25) is 0 Å². The van der Waals surface area contributed by atoms with Gasteiger partial charge in [-0.05, 0) is 24.6 Å². The lowest BCUT2D eigenvalue weighted by Crippen LogP contribution is -2.57. The molecule has 0 spiro atoms. The standard InChI is InChI=1S/C22H29N3O2.ClH/c1-3-12-24-22(25-15-13-23-14-16-25)21(26)18-10-8-17(9-11-18)19-6-4-5-7-20(19)27-2;/h4-11,22-24H,3,12-16H2,1-2H3;1H. The summed E-state index contributed by atoms with van der Waals surface area (Å²) in [5.74, 6) is 0.969. The van der Waals surface area contributed by atoms with E-state index in [0.29, 0.717) is 0 Å². The maximum Gasteiger partial charge on any atom is 0.194 e. The fraction of sp³-hybridized carbons (Fsp3) is 0.409. The van der Waals surface area contributed by atoms with Crippen molar-refractivity contribution >= 4 is 18.2 Å². The highest BCUT2D eigenvalue weighted by atomic mass is 35.5. The highest BCUT2D eigenvalue weighted by Gasteiger charge is 2.27. The number of nitrogens with one attached hydrogen (secondary N) is 2. The number of ether oxygens (including phenoxy) is 1. The summed E-state index contributed by atoms with van der Waals surface area (Å²) in [6.07, 6.45) is 0.743. The first kappa shape index (κ1) is 22.4. The van der Waals surface area contributed by atoms with Crippen molar-refractivity contribution in [1.82, 2.24) is 15.5 Å². The van der Waals surface area contributed by atoms with Gasteiger partial charge < -0.3 is 10.1 Å². The molecule has 0 aromatic heterocycles. The van der Waals surface area contributed by atoms with Crippen LogP contribution in [0.25, 0.3) is 11.1 Å². The average molecular weight is 404 g/mol. The van der Waals surface area contributed by atoms with Crippen LogP contribution in [0.4, 0.5) is 0 Å². The van der Waals surface area contributed by atoms with E-state index < -0.39 is 0 Å². The Morgan fingerprint density at radius 1 is 1.14 bits per heavy atom. The second-order valence-corrected chi connectivity index (χ2v) is 6.78. The fourth-order valence-electron chi connectivity index (χ4n) is 3.46. The van der Waals surface area contributed by atoms with E-state index in [1.807, 2.05) is 48.5 Å². The normalized spacial score (nSPS) is 15.5. The molecule has 0 amide bonds. The van der Waals surface area contributed by atoms with E-state index >= 15 is 0 Å². The summed E-state index contributed by atoms with van der Waals surface area (Å²) in [4.78, 5) is 15.4. The number of Topliss-reactive ketones (excluding diaryl/α,β-unsaturated/α-hetero) is 1. The first-order valence-corrected chi connectivity index (χ1v) is 9.70. The third-order valence-corrected chi connectivity index (χ3v) is 4.94. The predicted octanol–water partition coefficient (Wildman–Crippen LogP) is 3.20. The minimum Gasteiger partial charge on any atom is -0.496 e. The minimum atomic E-state index is -0.260. The van der Waals surface area contributed by atoms with Gasteiger partial charge in [0.05, 0.1) is 7.11 Å². The lowest BCUT2D eigenvalue weighted by atomic mass is 10.0. The maximum atomic E-state index is 13.2.